The molecule has 0 aliphatic heterocycles. The fourth-order valence-electron chi connectivity index (χ4n) is 2.23. The van der Waals surface area contributed by atoms with Gasteiger partial charge in [0.15, 0.2) is 0 Å². The monoisotopic (exact) mass is 231 g/mol. The van der Waals surface area contributed by atoms with Crippen LogP contribution in [0.4, 0.5) is 0 Å². The number of H-pyrrole nitrogens is 1. The topological polar surface area (TPSA) is 25.0 Å². The van der Waals surface area contributed by atoms with E-state index in [2.05, 4.69) is 30.2 Å². The summed E-state index contributed by atoms with van der Waals surface area (Å²) < 4.78 is 5.28. The molecule has 0 fully saturated rings. The molecule has 1 N–H and O–H groups in total. The Balaban J connectivity index is 2.11. The number of benzene rings is 1. The first-order valence-corrected chi connectivity index (χ1v) is 6.49. The first kappa shape index (κ1) is 12.0. The number of rotatable bonds is 6. The molecule has 0 aliphatic carbocycles. The average molecular weight is 231 g/mol. The molecule has 2 nitrogen and oxygen atoms in total. The number of methoxy groups -OCH3 is 1. The van der Waals surface area contributed by atoms with E-state index in [1.165, 1.54) is 42.1 Å². The van der Waals surface area contributed by atoms with E-state index in [1.54, 1.807) is 7.11 Å². The van der Waals surface area contributed by atoms with E-state index >= 15 is 0 Å². The lowest BCUT2D eigenvalue weighted by Crippen LogP contribution is -1.85. The lowest BCUT2D eigenvalue weighted by Gasteiger charge is -2.02. The summed E-state index contributed by atoms with van der Waals surface area (Å²) in [5.41, 5.74) is 2.62. The highest BCUT2D eigenvalue weighted by Gasteiger charge is 2.04. The second-order valence-corrected chi connectivity index (χ2v) is 4.54. The van der Waals surface area contributed by atoms with Crippen molar-refractivity contribution >= 4 is 10.9 Å². The van der Waals surface area contributed by atoms with E-state index in [4.69, 9.17) is 4.74 Å². The lowest BCUT2D eigenvalue weighted by atomic mass is 10.1. The Morgan fingerprint density at radius 2 is 2.06 bits per heavy atom. The number of nitrogens with one attached hydrogen (secondary N) is 1. The summed E-state index contributed by atoms with van der Waals surface area (Å²) in [6.07, 6.45) is 8.53. The van der Waals surface area contributed by atoms with Gasteiger partial charge in [-0.15, -0.1) is 0 Å². The Morgan fingerprint density at radius 3 is 2.82 bits per heavy atom. The van der Waals surface area contributed by atoms with Crippen LogP contribution in [0.15, 0.2) is 24.4 Å². The fourth-order valence-corrected chi connectivity index (χ4v) is 2.23. The first-order valence-electron chi connectivity index (χ1n) is 6.49. The first-order chi connectivity index (χ1) is 8.35. The Bertz CT molecular complexity index is 473. The molecule has 0 aliphatic rings. The predicted octanol–water partition coefficient (Wildman–Crippen LogP) is 4.30. The molecule has 2 heteroatoms. The highest BCUT2D eigenvalue weighted by atomic mass is 16.5. The minimum Gasteiger partial charge on any atom is -0.497 e. The zero-order valence-corrected chi connectivity index (χ0v) is 10.8. The van der Waals surface area contributed by atoms with Crippen molar-refractivity contribution in [2.24, 2.45) is 0 Å². The van der Waals surface area contributed by atoms with Gasteiger partial charge < -0.3 is 9.72 Å². The van der Waals surface area contributed by atoms with Gasteiger partial charge in [-0.05, 0) is 36.6 Å². The Kier molecular flexibility index (Phi) is 4.08. The Hall–Kier alpha value is -1.44. The quantitative estimate of drug-likeness (QED) is 0.737. The summed E-state index contributed by atoms with van der Waals surface area (Å²) in [5, 5.41) is 1.31. The van der Waals surface area contributed by atoms with Crippen molar-refractivity contribution < 1.29 is 4.74 Å². The zero-order valence-electron chi connectivity index (χ0n) is 10.8. The molecular weight excluding hydrogens is 210 g/mol. The van der Waals surface area contributed by atoms with E-state index in [0.717, 1.165) is 12.2 Å². The number of unbranched alkanes of at least 4 members (excludes halogenated alkanes) is 3. The maximum atomic E-state index is 5.28. The van der Waals surface area contributed by atoms with Crippen molar-refractivity contribution in [3.63, 3.8) is 0 Å². The average Bonchev–Trinajstić information content (AvgIpc) is 2.77. The van der Waals surface area contributed by atoms with Crippen molar-refractivity contribution in [3.05, 3.63) is 30.0 Å². The van der Waals surface area contributed by atoms with Crippen LogP contribution in [0.3, 0.4) is 0 Å². The van der Waals surface area contributed by atoms with Crippen LogP contribution in [0.5, 0.6) is 5.75 Å². The third kappa shape index (κ3) is 2.82. The largest absolute Gasteiger partial charge is 0.497 e. The molecule has 1 aromatic carbocycles. The molecule has 0 saturated heterocycles. The molecule has 0 radical (unpaired) electrons. The van der Waals surface area contributed by atoms with E-state index in [1.807, 2.05) is 6.07 Å². The molecule has 1 heterocycles. The number of aromatic nitrogens is 1. The van der Waals surface area contributed by atoms with Crippen molar-refractivity contribution in [3.8, 4) is 5.75 Å². The summed E-state index contributed by atoms with van der Waals surface area (Å²) in [4.78, 5) is 3.32. The fraction of sp³-hybridized carbons (Fsp3) is 0.467. The molecule has 92 valence electrons. The number of aromatic amines is 1. The maximum Gasteiger partial charge on any atom is 0.119 e. The summed E-state index contributed by atoms with van der Waals surface area (Å²) in [6, 6.07) is 6.21. The summed E-state index contributed by atoms with van der Waals surface area (Å²) in [5.74, 6) is 0.937. The van der Waals surface area contributed by atoms with Crippen LogP contribution < -0.4 is 4.74 Å². The number of hydrogen-bond donors (Lipinski definition) is 1. The maximum absolute atomic E-state index is 5.28. The standard InChI is InChI=1S/C15H21NO/c1-3-4-5-6-7-12-11-16-15-9-8-13(17-2)10-14(12)15/h8-11,16H,3-7H2,1-2H3. The molecule has 2 aromatic rings. The van der Waals surface area contributed by atoms with Gasteiger partial charge in [-0.3, -0.25) is 0 Å². The highest BCUT2D eigenvalue weighted by molar-refractivity contribution is 5.84. The predicted molar refractivity (Wildman–Crippen MR) is 72.7 cm³/mol. The SMILES string of the molecule is CCCCCCc1c[nH]c2ccc(OC)cc12. The van der Waals surface area contributed by atoms with Gasteiger partial charge in [0.2, 0.25) is 0 Å². The molecule has 0 unspecified atom stereocenters. The second-order valence-electron chi connectivity index (χ2n) is 4.54. The van der Waals surface area contributed by atoms with Gasteiger partial charge >= 0.3 is 0 Å². The minimum atomic E-state index is 0.937. The van der Waals surface area contributed by atoms with E-state index in [9.17, 15) is 0 Å². The molecule has 1 aromatic heterocycles. The van der Waals surface area contributed by atoms with Crippen LogP contribution in [-0.4, -0.2) is 12.1 Å². The zero-order chi connectivity index (χ0) is 12.1. The van der Waals surface area contributed by atoms with Crippen LogP contribution in [0, 0.1) is 0 Å². The van der Waals surface area contributed by atoms with Crippen LogP contribution in [0.2, 0.25) is 0 Å². The van der Waals surface area contributed by atoms with E-state index in [0.29, 0.717) is 0 Å². The van der Waals surface area contributed by atoms with Gasteiger partial charge in [-0.1, -0.05) is 26.2 Å². The van der Waals surface area contributed by atoms with Crippen LogP contribution >= 0.6 is 0 Å². The van der Waals surface area contributed by atoms with Crippen LogP contribution in [0.1, 0.15) is 38.2 Å². The molecule has 0 saturated carbocycles. The summed E-state index contributed by atoms with van der Waals surface area (Å²) >= 11 is 0. The van der Waals surface area contributed by atoms with Crippen LogP contribution in [-0.2, 0) is 6.42 Å². The highest BCUT2D eigenvalue weighted by Crippen LogP contribution is 2.24. The van der Waals surface area contributed by atoms with Crippen molar-refractivity contribution in [2.45, 2.75) is 39.0 Å². The summed E-state index contributed by atoms with van der Waals surface area (Å²) in [7, 11) is 1.72. The minimum absolute atomic E-state index is 0.937. The lowest BCUT2D eigenvalue weighted by molar-refractivity contribution is 0.415. The van der Waals surface area contributed by atoms with Gasteiger partial charge in [0.1, 0.15) is 5.75 Å². The third-order valence-electron chi connectivity index (χ3n) is 3.27. The Labute approximate surface area is 103 Å². The Morgan fingerprint density at radius 1 is 1.18 bits per heavy atom. The number of fused-ring (bicyclic) bond motifs is 1. The summed E-state index contributed by atoms with van der Waals surface area (Å²) in [6.45, 7) is 2.25. The van der Waals surface area contributed by atoms with Crippen molar-refractivity contribution in [1.29, 1.82) is 0 Å². The van der Waals surface area contributed by atoms with Crippen molar-refractivity contribution in [2.75, 3.05) is 7.11 Å². The third-order valence-corrected chi connectivity index (χ3v) is 3.27. The molecular formula is C15H21NO. The number of hydrogen-bond acceptors (Lipinski definition) is 1. The van der Waals surface area contributed by atoms with Gasteiger partial charge in [-0.2, -0.15) is 0 Å². The molecule has 2 rings (SSSR count). The van der Waals surface area contributed by atoms with Crippen molar-refractivity contribution in [1.82, 2.24) is 4.98 Å². The molecule has 0 amide bonds. The van der Waals surface area contributed by atoms with Gasteiger partial charge in [-0.25, -0.2) is 0 Å². The second kappa shape index (κ2) is 5.76. The molecule has 17 heavy (non-hydrogen) atoms. The van der Waals surface area contributed by atoms with Crippen LogP contribution in [0.25, 0.3) is 10.9 Å². The molecule has 0 spiro atoms. The van der Waals surface area contributed by atoms with Gasteiger partial charge in [0.05, 0.1) is 7.11 Å². The number of ether oxygens (including phenoxy) is 1. The van der Waals surface area contributed by atoms with Gasteiger partial charge in [0.25, 0.3) is 0 Å². The normalized spacial score (nSPS) is 10.9. The van der Waals surface area contributed by atoms with E-state index in [-0.39, 0.29) is 0 Å². The van der Waals surface area contributed by atoms with Gasteiger partial charge in [0, 0.05) is 17.1 Å². The number of aryl methyl sites for hydroxylation is 1. The van der Waals surface area contributed by atoms with E-state index < -0.39 is 0 Å². The molecule has 0 bridgehead atoms. The smallest absolute Gasteiger partial charge is 0.119 e. The molecule has 0 atom stereocenters.